The Labute approximate surface area is 141 Å². The quantitative estimate of drug-likeness (QED) is 0.607. The van der Waals surface area contributed by atoms with Crippen molar-refractivity contribution in [2.24, 2.45) is 0 Å². The molecule has 0 heterocycles. The fraction of sp³-hybridized carbons (Fsp3) is 0.273. The second-order valence-corrected chi connectivity index (χ2v) is 10.4. The number of allylic oxidation sites excluding steroid dienone is 2. The molecule has 0 spiro atoms. The molecular formula is C22H24Si. The van der Waals surface area contributed by atoms with Gasteiger partial charge in [-0.15, -0.1) is 0 Å². The Kier molecular flexibility index (Phi) is 4.05. The van der Waals surface area contributed by atoms with Crippen molar-refractivity contribution in [1.82, 2.24) is 0 Å². The minimum Gasteiger partial charge on any atom is -0.0767 e. The minimum absolute atomic E-state index is 0.670. The average molecular weight is 317 g/mol. The van der Waals surface area contributed by atoms with Gasteiger partial charge < -0.3 is 0 Å². The smallest absolute Gasteiger partial charge is 0.0383 e. The van der Waals surface area contributed by atoms with Gasteiger partial charge in [-0.25, -0.2) is 0 Å². The van der Waals surface area contributed by atoms with Crippen LogP contribution in [0.5, 0.6) is 0 Å². The van der Waals surface area contributed by atoms with Gasteiger partial charge in [-0.2, -0.15) is 0 Å². The Morgan fingerprint density at radius 3 is 1.70 bits per heavy atom. The van der Waals surface area contributed by atoms with Crippen LogP contribution in [0, 0.1) is 0 Å². The van der Waals surface area contributed by atoms with E-state index in [0.717, 1.165) is 0 Å². The molecule has 2 aromatic carbocycles. The predicted octanol–water partition coefficient (Wildman–Crippen LogP) is 5.85. The van der Waals surface area contributed by atoms with Crippen molar-refractivity contribution in [3.8, 4) is 0 Å². The standard InChI is InChI=1S/C22H24Si/c1-2-23(15-19-13-11-17-7-3-5-9-21(17)19)16-20-14-12-18-8-4-6-10-22(18)20/h3-14,19-20,23H,2,15-16H2,1H3. The molecule has 23 heavy (non-hydrogen) atoms. The van der Waals surface area contributed by atoms with Gasteiger partial charge in [0.2, 0.25) is 0 Å². The second kappa shape index (κ2) is 6.33. The lowest BCUT2D eigenvalue weighted by atomic mass is 10.0. The highest BCUT2D eigenvalue weighted by atomic mass is 28.3. The first-order chi connectivity index (χ1) is 11.3. The van der Waals surface area contributed by atoms with Gasteiger partial charge in [0.15, 0.2) is 0 Å². The zero-order valence-electron chi connectivity index (χ0n) is 13.8. The Balaban J connectivity index is 1.47. The molecule has 0 aromatic heterocycles. The van der Waals surface area contributed by atoms with E-state index in [2.05, 4.69) is 79.8 Å². The van der Waals surface area contributed by atoms with Gasteiger partial charge in [0.05, 0.1) is 0 Å². The Morgan fingerprint density at radius 1 is 0.739 bits per heavy atom. The maximum atomic E-state index is 2.44. The van der Waals surface area contributed by atoms with Gasteiger partial charge in [-0.05, 0) is 34.3 Å². The molecule has 1 heteroatoms. The normalized spacial score (nSPS) is 22.1. The highest BCUT2D eigenvalue weighted by Crippen LogP contribution is 2.38. The van der Waals surface area contributed by atoms with E-state index in [4.69, 9.17) is 0 Å². The molecule has 2 aromatic rings. The second-order valence-electron chi connectivity index (χ2n) is 6.93. The van der Waals surface area contributed by atoms with Crippen LogP contribution in [-0.2, 0) is 0 Å². The summed E-state index contributed by atoms with van der Waals surface area (Å²) in [6.07, 6.45) is 9.54. The van der Waals surface area contributed by atoms with Gasteiger partial charge in [0.25, 0.3) is 0 Å². The maximum Gasteiger partial charge on any atom is 0.0383 e. The summed E-state index contributed by atoms with van der Waals surface area (Å²) in [5, 5.41) is 0. The Hall–Kier alpha value is -1.86. The summed E-state index contributed by atoms with van der Waals surface area (Å²) in [5.41, 5.74) is 5.99. The van der Waals surface area contributed by atoms with Crippen LogP contribution < -0.4 is 0 Å². The lowest BCUT2D eigenvalue weighted by Gasteiger charge is -2.21. The van der Waals surface area contributed by atoms with Crippen molar-refractivity contribution in [3.63, 3.8) is 0 Å². The zero-order valence-corrected chi connectivity index (χ0v) is 14.9. The van der Waals surface area contributed by atoms with E-state index >= 15 is 0 Å². The fourth-order valence-corrected chi connectivity index (χ4v) is 7.32. The molecule has 0 amide bonds. The van der Waals surface area contributed by atoms with Crippen molar-refractivity contribution in [3.05, 3.63) is 82.9 Å². The summed E-state index contributed by atoms with van der Waals surface area (Å²) in [6.45, 7) is 2.41. The molecule has 2 aliphatic rings. The third-order valence-electron chi connectivity index (χ3n) is 5.56. The summed E-state index contributed by atoms with van der Waals surface area (Å²) in [7, 11) is -0.739. The van der Waals surface area contributed by atoms with Crippen LogP contribution in [0.3, 0.4) is 0 Å². The van der Waals surface area contributed by atoms with E-state index in [1.807, 2.05) is 0 Å². The largest absolute Gasteiger partial charge is 0.0767 e. The number of hydrogen-bond donors (Lipinski definition) is 0. The third kappa shape index (κ3) is 2.86. The van der Waals surface area contributed by atoms with E-state index in [1.54, 1.807) is 11.1 Å². The van der Waals surface area contributed by atoms with Crippen LogP contribution >= 0.6 is 0 Å². The summed E-state index contributed by atoms with van der Waals surface area (Å²) >= 11 is 0. The van der Waals surface area contributed by atoms with E-state index in [9.17, 15) is 0 Å². The summed E-state index contributed by atoms with van der Waals surface area (Å²) in [4.78, 5) is 0. The van der Waals surface area contributed by atoms with Crippen LogP contribution in [0.25, 0.3) is 12.2 Å². The summed E-state index contributed by atoms with van der Waals surface area (Å²) in [5.74, 6) is 1.34. The lowest BCUT2D eigenvalue weighted by molar-refractivity contribution is 0.911. The topological polar surface area (TPSA) is 0 Å². The first-order valence-corrected chi connectivity index (χ1v) is 11.3. The molecule has 2 atom stereocenters. The van der Waals surface area contributed by atoms with Crippen molar-refractivity contribution in [2.75, 3.05) is 0 Å². The van der Waals surface area contributed by atoms with Crippen molar-refractivity contribution in [1.29, 1.82) is 0 Å². The van der Waals surface area contributed by atoms with Gasteiger partial charge in [-0.3, -0.25) is 0 Å². The highest BCUT2D eigenvalue weighted by Gasteiger charge is 2.25. The van der Waals surface area contributed by atoms with Gasteiger partial charge in [0, 0.05) is 20.6 Å². The number of fused-ring (bicyclic) bond motifs is 2. The maximum absolute atomic E-state index is 2.44. The van der Waals surface area contributed by atoms with Gasteiger partial charge in [0.1, 0.15) is 0 Å². The van der Waals surface area contributed by atoms with Crippen molar-refractivity contribution < 1.29 is 0 Å². The fourth-order valence-electron chi connectivity index (χ4n) is 4.21. The zero-order chi connectivity index (χ0) is 15.6. The van der Waals surface area contributed by atoms with Crippen LogP contribution in [0.2, 0.25) is 18.1 Å². The monoisotopic (exact) mass is 316 g/mol. The average Bonchev–Trinajstić information content (AvgIpc) is 3.19. The minimum atomic E-state index is -0.739. The van der Waals surface area contributed by atoms with E-state index in [1.165, 1.54) is 29.3 Å². The Morgan fingerprint density at radius 2 is 1.22 bits per heavy atom. The van der Waals surface area contributed by atoms with Crippen LogP contribution in [-0.4, -0.2) is 8.80 Å². The Bertz CT molecular complexity index is 693. The molecule has 0 aliphatic heterocycles. The molecule has 0 bridgehead atoms. The summed E-state index contributed by atoms with van der Waals surface area (Å²) in [6, 6.07) is 22.1. The molecular weight excluding hydrogens is 292 g/mol. The number of benzene rings is 2. The molecule has 0 radical (unpaired) electrons. The molecule has 2 unspecified atom stereocenters. The molecule has 116 valence electrons. The molecule has 2 aliphatic carbocycles. The first kappa shape index (κ1) is 14.7. The van der Waals surface area contributed by atoms with Gasteiger partial charge >= 0.3 is 0 Å². The SMILES string of the molecule is CC[SiH](CC1C=Cc2ccccc21)CC1C=Cc2ccccc21. The van der Waals surface area contributed by atoms with E-state index in [0.29, 0.717) is 11.8 Å². The molecule has 0 fully saturated rings. The third-order valence-corrected chi connectivity index (χ3v) is 9.06. The molecule has 0 saturated heterocycles. The molecule has 0 N–H and O–H groups in total. The highest BCUT2D eigenvalue weighted by molar-refractivity contribution is 6.59. The van der Waals surface area contributed by atoms with E-state index in [-0.39, 0.29) is 0 Å². The number of rotatable bonds is 5. The van der Waals surface area contributed by atoms with Gasteiger partial charge in [-0.1, -0.05) is 85.8 Å². The first-order valence-electron chi connectivity index (χ1n) is 8.89. The predicted molar refractivity (Wildman–Crippen MR) is 104 cm³/mol. The molecule has 0 saturated carbocycles. The molecule has 4 rings (SSSR count). The summed E-state index contributed by atoms with van der Waals surface area (Å²) < 4.78 is 0. The van der Waals surface area contributed by atoms with Crippen LogP contribution in [0.15, 0.2) is 60.7 Å². The van der Waals surface area contributed by atoms with Crippen molar-refractivity contribution >= 4 is 20.9 Å². The van der Waals surface area contributed by atoms with Crippen LogP contribution in [0.1, 0.15) is 41.0 Å². The lowest BCUT2D eigenvalue weighted by Crippen LogP contribution is -2.17. The van der Waals surface area contributed by atoms with E-state index < -0.39 is 8.80 Å². The van der Waals surface area contributed by atoms with Crippen LogP contribution in [0.4, 0.5) is 0 Å². The van der Waals surface area contributed by atoms with Crippen molar-refractivity contribution in [2.45, 2.75) is 36.9 Å². The molecule has 0 nitrogen and oxygen atoms in total. The number of hydrogen-bond acceptors (Lipinski definition) is 0.